The molecule has 1 aliphatic heterocycles. The smallest absolute Gasteiger partial charge is 0.236 e. The number of anilines is 1. The van der Waals surface area contributed by atoms with E-state index in [1.54, 1.807) is 6.20 Å². The quantitative estimate of drug-likeness (QED) is 0.780. The molecule has 1 aromatic heterocycles. The van der Waals surface area contributed by atoms with Crippen molar-refractivity contribution in [2.75, 3.05) is 5.73 Å². The number of imide groups is 1. The molecule has 0 aliphatic carbocycles. The third kappa shape index (κ3) is 1.77. The highest BCUT2D eigenvalue weighted by molar-refractivity contribution is 6.05. The molecule has 0 bridgehead atoms. The highest BCUT2D eigenvalue weighted by Crippen LogP contribution is 2.39. The topological polar surface area (TPSA) is 92.1 Å². The van der Waals surface area contributed by atoms with Gasteiger partial charge in [0.1, 0.15) is 5.82 Å². The molecule has 1 fully saturated rings. The molecular formula is C12H18N4O2. The summed E-state index contributed by atoms with van der Waals surface area (Å²) < 4.78 is 0. The number of hydrogen-bond acceptors (Lipinski definition) is 4. The minimum atomic E-state index is -0.602. The number of H-pyrrole nitrogens is 1. The van der Waals surface area contributed by atoms with Crippen LogP contribution in [0.15, 0.2) is 6.20 Å². The molecule has 2 rings (SSSR count). The van der Waals surface area contributed by atoms with E-state index in [-0.39, 0.29) is 30.7 Å². The Bertz CT molecular complexity index is 494. The lowest BCUT2D eigenvalue weighted by Gasteiger charge is -2.25. The molecule has 6 nitrogen and oxygen atoms in total. The van der Waals surface area contributed by atoms with E-state index in [1.807, 2.05) is 20.8 Å². The number of rotatable bonds is 3. The Kier molecular flexibility index (Phi) is 2.88. The predicted octanol–water partition coefficient (Wildman–Crippen LogP) is 0.913. The maximum Gasteiger partial charge on any atom is 0.236 e. The average molecular weight is 250 g/mol. The zero-order valence-electron chi connectivity index (χ0n) is 10.9. The number of nitrogens with two attached hydrogens (primary N) is 1. The van der Waals surface area contributed by atoms with Crippen LogP contribution in [0.5, 0.6) is 0 Å². The highest BCUT2D eigenvalue weighted by atomic mass is 16.2. The van der Waals surface area contributed by atoms with Gasteiger partial charge in [-0.15, -0.1) is 0 Å². The van der Waals surface area contributed by atoms with Gasteiger partial charge in [-0.05, 0) is 12.8 Å². The van der Waals surface area contributed by atoms with E-state index in [1.165, 1.54) is 4.90 Å². The van der Waals surface area contributed by atoms with E-state index in [2.05, 4.69) is 10.2 Å². The average Bonchev–Trinajstić information content (AvgIpc) is 2.78. The van der Waals surface area contributed by atoms with Crippen LogP contribution in [0.3, 0.4) is 0 Å². The van der Waals surface area contributed by atoms with Crippen molar-refractivity contribution in [3.05, 3.63) is 11.8 Å². The fourth-order valence-corrected chi connectivity index (χ4v) is 2.14. The maximum absolute atomic E-state index is 12.4. The van der Waals surface area contributed by atoms with Crippen LogP contribution in [0.25, 0.3) is 0 Å². The SMILES string of the molecule is CC(C)C1(C)CC(=O)N(Cc2cn[nH]c2N)C1=O. The van der Waals surface area contributed by atoms with Crippen LogP contribution in [-0.4, -0.2) is 26.9 Å². The van der Waals surface area contributed by atoms with Crippen LogP contribution in [0.4, 0.5) is 5.82 Å². The first-order valence-electron chi connectivity index (χ1n) is 5.98. The zero-order valence-corrected chi connectivity index (χ0v) is 10.9. The van der Waals surface area contributed by atoms with E-state index in [0.717, 1.165) is 0 Å². The number of hydrogen-bond donors (Lipinski definition) is 2. The first-order valence-corrected chi connectivity index (χ1v) is 5.98. The molecule has 1 unspecified atom stereocenters. The number of amides is 2. The van der Waals surface area contributed by atoms with E-state index in [9.17, 15) is 9.59 Å². The predicted molar refractivity (Wildman–Crippen MR) is 66.1 cm³/mol. The van der Waals surface area contributed by atoms with Gasteiger partial charge in [0.2, 0.25) is 11.8 Å². The van der Waals surface area contributed by atoms with Crippen molar-refractivity contribution in [1.29, 1.82) is 0 Å². The van der Waals surface area contributed by atoms with Gasteiger partial charge in [0, 0.05) is 12.0 Å². The molecule has 6 heteroatoms. The minimum Gasteiger partial charge on any atom is -0.384 e. The third-order valence-corrected chi connectivity index (χ3v) is 3.91. The van der Waals surface area contributed by atoms with Crippen LogP contribution < -0.4 is 5.73 Å². The first-order chi connectivity index (χ1) is 8.36. The van der Waals surface area contributed by atoms with E-state index in [0.29, 0.717) is 11.4 Å². The molecule has 1 aliphatic rings. The summed E-state index contributed by atoms with van der Waals surface area (Å²) >= 11 is 0. The van der Waals surface area contributed by atoms with E-state index >= 15 is 0 Å². The van der Waals surface area contributed by atoms with Crippen LogP contribution >= 0.6 is 0 Å². The fourth-order valence-electron chi connectivity index (χ4n) is 2.14. The van der Waals surface area contributed by atoms with Gasteiger partial charge in [0.25, 0.3) is 0 Å². The van der Waals surface area contributed by atoms with E-state index < -0.39 is 5.41 Å². The largest absolute Gasteiger partial charge is 0.384 e. The summed E-state index contributed by atoms with van der Waals surface area (Å²) in [4.78, 5) is 25.6. The van der Waals surface area contributed by atoms with Crippen molar-refractivity contribution in [3.8, 4) is 0 Å². The zero-order chi connectivity index (χ0) is 13.5. The third-order valence-electron chi connectivity index (χ3n) is 3.91. The minimum absolute atomic E-state index is 0.122. The molecule has 98 valence electrons. The van der Waals surface area contributed by atoms with Gasteiger partial charge in [-0.25, -0.2) is 0 Å². The summed E-state index contributed by atoms with van der Waals surface area (Å²) in [5.74, 6) is 0.259. The number of aromatic nitrogens is 2. The lowest BCUT2D eigenvalue weighted by molar-refractivity contribution is -0.142. The van der Waals surface area contributed by atoms with Crippen LogP contribution in [-0.2, 0) is 16.1 Å². The number of carbonyl (C=O) groups is 2. The first kappa shape index (κ1) is 12.6. The van der Waals surface area contributed by atoms with Crippen LogP contribution in [0, 0.1) is 11.3 Å². The Morgan fingerprint density at radius 1 is 1.56 bits per heavy atom. The normalized spacial score (nSPS) is 24.3. The molecule has 0 saturated carbocycles. The summed E-state index contributed by atoms with van der Waals surface area (Å²) in [7, 11) is 0. The van der Waals surface area contributed by atoms with Crippen molar-refractivity contribution in [2.45, 2.75) is 33.7 Å². The summed E-state index contributed by atoms with van der Waals surface area (Å²) in [5, 5.41) is 6.38. The molecule has 1 atom stereocenters. The number of nitrogen functional groups attached to an aromatic ring is 1. The number of carbonyl (C=O) groups excluding carboxylic acids is 2. The second kappa shape index (κ2) is 4.12. The van der Waals surface area contributed by atoms with Crippen LogP contribution in [0.2, 0.25) is 0 Å². The molecule has 0 aromatic carbocycles. The van der Waals surface area contributed by atoms with Crippen molar-refractivity contribution in [2.24, 2.45) is 11.3 Å². The Balaban J connectivity index is 2.23. The molecule has 1 saturated heterocycles. The molecule has 2 amide bonds. The van der Waals surface area contributed by atoms with Crippen molar-refractivity contribution in [1.82, 2.24) is 15.1 Å². The Morgan fingerprint density at radius 2 is 2.22 bits per heavy atom. The monoisotopic (exact) mass is 250 g/mol. The second-order valence-corrected chi connectivity index (χ2v) is 5.34. The Morgan fingerprint density at radius 3 is 2.67 bits per heavy atom. The fraction of sp³-hybridized carbons (Fsp3) is 0.583. The maximum atomic E-state index is 12.4. The van der Waals surface area contributed by atoms with Gasteiger partial charge in [0.05, 0.1) is 18.2 Å². The standard InChI is InChI=1S/C12H18N4O2/c1-7(2)12(3)4-9(17)16(11(12)18)6-8-5-14-15-10(8)13/h5,7H,4,6H2,1-3H3,(H3,13,14,15). The van der Waals surface area contributed by atoms with Crippen molar-refractivity contribution < 1.29 is 9.59 Å². The van der Waals surface area contributed by atoms with Gasteiger partial charge in [0.15, 0.2) is 0 Å². The molecule has 1 aromatic rings. The van der Waals surface area contributed by atoms with Gasteiger partial charge in [-0.1, -0.05) is 13.8 Å². The summed E-state index contributed by atoms with van der Waals surface area (Å²) in [6, 6.07) is 0. The summed E-state index contributed by atoms with van der Waals surface area (Å²) in [5.41, 5.74) is 5.74. The molecule has 2 heterocycles. The van der Waals surface area contributed by atoms with Crippen LogP contribution in [0.1, 0.15) is 32.8 Å². The number of likely N-dealkylation sites (tertiary alicyclic amines) is 1. The van der Waals surface area contributed by atoms with E-state index in [4.69, 9.17) is 5.73 Å². The molecular weight excluding hydrogens is 232 g/mol. The Hall–Kier alpha value is -1.85. The van der Waals surface area contributed by atoms with Crippen molar-refractivity contribution in [3.63, 3.8) is 0 Å². The van der Waals surface area contributed by atoms with Gasteiger partial charge in [-0.3, -0.25) is 19.6 Å². The summed E-state index contributed by atoms with van der Waals surface area (Å²) in [6.45, 7) is 5.96. The molecule has 0 spiro atoms. The van der Waals surface area contributed by atoms with Gasteiger partial charge >= 0.3 is 0 Å². The van der Waals surface area contributed by atoms with Gasteiger partial charge in [-0.2, -0.15) is 5.10 Å². The van der Waals surface area contributed by atoms with Gasteiger partial charge < -0.3 is 5.73 Å². The molecule has 3 N–H and O–H groups in total. The van der Waals surface area contributed by atoms with Crippen molar-refractivity contribution >= 4 is 17.6 Å². The summed E-state index contributed by atoms with van der Waals surface area (Å²) in [6.07, 6.45) is 1.81. The second-order valence-electron chi connectivity index (χ2n) is 5.34. The Labute approximate surface area is 106 Å². The highest BCUT2D eigenvalue weighted by Gasteiger charge is 2.49. The number of nitrogens with zero attached hydrogens (tertiary/aromatic N) is 2. The number of aromatic amines is 1. The molecule has 0 radical (unpaired) electrons. The lowest BCUT2D eigenvalue weighted by Crippen LogP contribution is -2.36. The molecule has 18 heavy (non-hydrogen) atoms. The lowest BCUT2D eigenvalue weighted by atomic mass is 9.78. The number of nitrogens with one attached hydrogen (secondary N) is 1.